The Bertz CT molecular complexity index is 1510. The lowest BCUT2D eigenvalue weighted by molar-refractivity contribution is -0.140. The van der Waals surface area contributed by atoms with Crippen LogP contribution in [0.3, 0.4) is 0 Å². The van der Waals surface area contributed by atoms with Crippen molar-refractivity contribution in [3.05, 3.63) is 124 Å². The van der Waals surface area contributed by atoms with Gasteiger partial charge >= 0.3 is 0 Å². The number of hydrogen-bond acceptors (Lipinski definition) is 5. The highest BCUT2D eigenvalue weighted by Crippen LogP contribution is 2.16. The van der Waals surface area contributed by atoms with Gasteiger partial charge in [0.1, 0.15) is 23.7 Å². The van der Waals surface area contributed by atoms with E-state index in [-0.39, 0.29) is 49.8 Å². The van der Waals surface area contributed by atoms with Crippen LogP contribution in [0.15, 0.2) is 101 Å². The molecule has 8 heteroatoms. The van der Waals surface area contributed by atoms with E-state index in [9.17, 15) is 18.8 Å². The number of halogens is 1. The number of rotatable bonds is 11. The Labute approximate surface area is 225 Å². The molecule has 0 N–H and O–H groups in total. The number of carbonyl (C=O) groups is 2. The van der Waals surface area contributed by atoms with Crippen molar-refractivity contribution in [2.24, 2.45) is 0 Å². The van der Waals surface area contributed by atoms with Crippen molar-refractivity contribution in [2.45, 2.75) is 19.5 Å². The monoisotopic (exact) mass is 528 g/mol. The summed E-state index contributed by atoms with van der Waals surface area (Å²) in [5, 5.41) is 0.409. The number of carbonyl (C=O) groups excluding carboxylic acids is 2. The van der Waals surface area contributed by atoms with Gasteiger partial charge in [-0.1, -0.05) is 42.5 Å². The number of ether oxygens (including phenoxy) is 1. The van der Waals surface area contributed by atoms with Crippen molar-refractivity contribution in [3.8, 4) is 5.75 Å². The van der Waals surface area contributed by atoms with Crippen LogP contribution in [0.4, 0.5) is 4.39 Å². The second-order valence-electron chi connectivity index (χ2n) is 9.05. The van der Waals surface area contributed by atoms with Crippen molar-refractivity contribution in [1.29, 1.82) is 0 Å². The average Bonchev–Trinajstić information content (AvgIpc) is 2.95. The maximum Gasteiger partial charge on any atom is 0.242 e. The lowest BCUT2D eigenvalue weighted by atomic mass is 10.1. The Morgan fingerprint density at radius 1 is 0.923 bits per heavy atom. The third-order valence-electron chi connectivity index (χ3n) is 6.29. The highest BCUT2D eigenvalue weighted by atomic mass is 19.1. The summed E-state index contributed by atoms with van der Waals surface area (Å²) >= 11 is 0. The van der Waals surface area contributed by atoms with E-state index in [0.717, 1.165) is 5.56 Å². The molecule has 0 saturated heterocycles. The summed E-state index contributed by atoms with van der Waals surface area (Å²) in [7, 11) is 1.57. The molecule has 1 aromatic heterocycles. The highest BCUT2D eigenvalue weighted by Gasteiger charge is 2.23. The van der Waals surface area contributed by atoms with Gasteiger partial charge in [-0.25, -0.2) is 4.39 Å². The van der Waals surface area contributed by atoms with Crippen LogP contribution in [-0.2, 0) is 29.1 Å². The van der Waals surface area contributed by atoms with E-state index in [2.05, 4.69) is 6.58 Å². The molecule has 0 aliphatic carbocycles. The first-order chi connectivity index (χ1) is 18.9. The van der Waals surface area contributed by atoms with E-state index in [0.29, 0.717) is 27.8 Å². The molecule has 0 spiro atoms. The molecule has 1 heterocycles. The molecule has 0 radical (unpaired) electrons. The summed E-state index contributed by atoms with van der Waals surface area (Å²) < 4.78 is 24.3. The molecule has 0 atom stereocenters. The number of hydrogen-bond donors (Lipinski definition) is 0. The van der Waals surface area contributed by atoms with Crippen molar-refractivity contribution < 1.29 is 23.1 Å². The molecule has 200 valence electrons. The Balaban J connectivity index is 1.57. The zero-order chi connectivity index (χ0) is 27.8. The fourth-order valence-electron chi connectivity index (χ4n) is 4.18. The van der Waals surface area contributed by atoms with Gasteiger partial charge in [-0.15, -0.1) is 6.58 Å². The van der Waals surface area contributed by atoms with Gasteiger partial charge in [0, 0.05) is 13.1 Å². The summed E-state index contributed by atoms with van der Waals surface area (Å²) in [6, 6.07) is 19.8. The fraction of sp³-hybridized carbons (Fsp3) is 0.194. The third-order valence-corrected chi connectivity index (χ3v) is 6.29. The zero-order valence-corrected chi connectivity index (χ0v) is 21.6. The van der Waals surface area contributed by atoms with Gasteiger partial charge in [-0.2, -0.15) is 0 Å². The van der Waals surface area contributed by atoms with Crippen molar-refractivity contribution in [3.63, 3.8) is 0 Å². The Kier molecular flexibility index (Phi) is 8.89. The largest absolute Gasteiger partial charge is 0.497 e. The molecule has 3 aromatic carbocycles. The molecule has 0 bridgehead atoms. The second kappa shape index (κ2) is 12.7. The number of benzene rings is 3. The van der Waals surface area contributed by atoms with Gasteiger partial charge in [0.05, 0.1) is 37.3 Å². The van der Waals surface area contributed by atoms with Gasteiger partial charge in [-0.05, 0) is 47.5 Å². The smallest absolute Gasteiger partial charge is 0.242 e. The van der Waals surface area contributed by atoms with E-state index >= 15 is 0 Å². The van der Waals surface area contributed by atoms with Crippen molar-refractivity contribution in [2.75, 3.05) is 20.2 Å². The van der Waals surface area contributed by atoms with Crippen LogP contribution in [-0.4, -0.2) is 41.8 Å². The zero-order valence-electron chi connectivity index (χ0n) is 21.6. The quantitative estimate of drug-likeness (QED) is 0.263. The molecule has 7 nitrogen and oxygen atoms in total. The highest BCUT2D eigenvalue weighted by molar-refractivity contribution is 5.86. The molecule has 4 aromatic rings. The number of fused-ring (bicyclic) bond motifs is 1. The van der Waals surface area contributed by atoms with Gasteiger partial charge in [0.15, 0.2) is 5.43 Å². The van der Waals surface area contributed by atoms with Crippen LogP contribution in [0.5, 0.6) is 5.75 Å². The Morgan fingerprint density at radius 3 is 2.31 bits per heavy atom. The lowest BCUT2D eigenvalue weighted by Gasteiger charge is -2.27. The summed E-state index contributed by atoms with van der Waals surface area (Å²) in [6.45, 7) is 3.74. The molecule has 0 unspecified atom stereocenters. The first kappa shape index (κ1) is 27.3. The molecule has 0 aliphatic heterocycles. The minimum atomic E-state index is -0.395. The van der Waals surface area contributed by atoms with Crippen LogP contribution in [0.2, 0.25) is 0 Å². The average molecular weight is 529 g/mol. The van der Waals surface area contributed by atoms with Crippen molar-refractivity contribution >= 4 is 22.8 Å². The van der Waals surface area contributed by atoms with Gasteiger partial charge in [0.2, 0.25) is 11.8 Å². The molecule has 0 aliphatic rings. The molecule has 0 fully saturated rings. The van der Waals surface area contributed by atoms with E-state index in [4.69, 9.17) is 9.15 Å². The second-order valence-corrected chi connectivity index (χ2v) is 9.05. The molecule has 39 heavy (non-hydrogen) atoms. The van der Waals surface area contributed by atoms with Crippen LogP contribution in [0.25, 0.3) is 11.0 Å². The summed E-state index contributed by atoms with van der Waals surface area (Å²) in [5.74, 6) is -0.343. The number of para-hydroxylation sites is 1. The van der Waals surface area contributed by atoms with Crippen molar-refractivity contribution in [1.82, 2.24) is 9.80 Å². The van der Waals surface area contributed by atoms with Crippen LogP contribution in [0.1, 0.15) is 16.7 Å². The first-order valence-corrected chi connectivity index (χ1v) is 12.4. The maximum absolute atomic E-state index is 13.6. The predicted molar refractivity (Wildman–Crippen MR) is 147 cm³/mol. The maximum atomic E-state index is 13.6. The number of amides is 2. The minimum Gasteiger partial charge on any atom is -0.497 e. The lowest BCUT2D eigenvalue weighted by Crippen LogP contribution is -2.43. The molecular formula is C31H29FN2O5. The van der Waals surface area contributed by atoms with E-state index in [1.165, 1.54) is 28.2 Å². The third kappa shape index (κ3) is 6.98. The Morgan fingerprint density at radius 2 is 1.62 bits per heavy atom. The summed E-state index contributed by atoms with van der Waals surface area (Å²) in [6.07, 6.45) is 3.00. The molecule has 2 amide bonds. The van der Waals surface area contributed by atoms with Crippen LogP contribution < -0.4 is 10.2 Å². The SMILES string of the molecule is C=CCN(CC(=O)N(Cc1ccc(F)cc1)Cc1coc2ccccc2c1=O)C(=O)Cc1ccc(OC)cc1. The van der Waals surface area contributed by atoms with E-state index in [1.807, 2.05) is 0 Å². The van der Waals surface area contributed by atoms with E-state index in [1.54, 1.807) is 73.8 Å². The minimum absolute atomic E-state index is 0.0437. The topological polar surface area (TPSA) is 80.1 Å². The van der Waals surface area contributed by atoms with Gasteiger partial charge in [-0.3, -0.25) is 14.4 Å². The number of methoxy groups -OCH3 is 1. The predicted octanol–water partition coefficient (Wildman–Crippen LogP) is 4.73. The van der Waals surface area contributed by atoms with Crippen LogP contribution in [0, 0.1) is 5.82 Å². The summed E-state index contributed by atoms with van der Waals surface area (Å²) in [5.41, 5.74) is 1.95. The first-order valence-electron chi connectivity index (χ1n) is 12.4. The normalized spacial score (nSPS) is 10.7. The van der Waals surface area contributed by atoms with Gasteiger partial charge in [0.25, 0.3) is 0 Å². The van der Waals surface area contributed by atoms with Crippen LogP contribution >= 0.6 is 0 Å². The standard InChI is InChI=1S/C31H29FN2O5/c1-3-16-33(29(35)17-22-10-14-26(38-2)15-11-22)20-30(36)34(18-23-8-12-25(32)13-9-23)19-24-21-39-28-7-5-4-6-27(28)31(24)37/h3-15,21H,1,16-20H2,2H3. The molecular weight excluding hydrogens is 499 g/mol. The number of nitrogens with zero attached hydrogens (tertiary/aromatic N) is 2. The Hall–Kier alpha value is -4.72. The van der Waals surface area contributed by atoms with E-state index < -0.39 is 5.82 Å². The van der Waals surface area contributed by atoms with Gasteiger partial charge < -0.3 is 19.0 Å². The summed E-state index contributed by atoms with van der Waals surface area (Å²) in [4.78, 5) is 42.7. The molecule has 0 saturated carbocycles. The fourth-order valence-corrected chi connectivity index (χ4v) is 4.18. The molecule has 4 rings (SSSR count).